The smallest absolute Gasteiger partial charge is 0.424 e. The lowest BCUT2D eigenvalue weighted by molar-refractivity contribution is -0.151. The fraction of sp³-hybridized carbons (Fsp3) is 0.882. The summed E-state index contributed by atoms with van der Waals surface area (Å²) in [4.78, 5) is 24.3. The Balaban J connectivity index is 2.63. The molecule has 0 saturated carbocycles. The number of carbonyl (C=O) groups excluding carboxylic acids is 2. The first-order chi connectivity index (χ1) is 10.8. The molecule has 0 spiro atoms. The zero-order chi connectivity index (χ0) is 17.5. The maximum Gasteiger partial charge on any atom is 0.424 e. The van der Waals surface area contributed by atoms with Gasteiger partial charge in [0.1, 0.15) is 5.60 Å². The van der Waals surface area contributed by atoms with Gasteiger partial charge < -0.3 is 9.47 Å². The Labute approximate surface area is 140 Å². The van der Waals surface area contributed by atoms with Gasteiger partial charge in [0, 0.05) is 19.6 Å². The first-order valence-corrected chi connectivity index (χ1v) is 8.70. The Morgan fingerprint density at radius 1 is 1.17 bits per heavy atom. The van der Waals surface area contributed by atoms with Crippen molar-refractivity contribution in [2.45, 2.75) is 65.9 Å². The van der Waals surface area contributed by atoms with E-state index < -0.39 is 5.60 Å². The largest absolute Gasteiger partial charge is 0.466 e. The Kier molecular flexibility index (Phi) is 7.82. The lowest BCUT2D eigenvalue weighted by Gasteiger charge is -2.39. The number of hydrogen-bond acceptors (Lipinski definition) is 5. The molecule has 1 heterocycles. The van der Waals surface area contributed by atoms with Gasteiger partial charge in [-0.25, -0.2) is 14.8 Å². The second kappa shape index (κ2) is 9.11. The number of carbonyl (C=O) groups is 2. The van der Waals surface area contributed by atoms with Crippen molar-refractivity contribution in [3.8, 4) is 0 Å². The number of esters is 1. The molecule has 0 unspecified atom stereocenters. The fourth-order valence-electron chi connectivity index (χ4n) is 2.57. The molecule has 23 heavy (non-hydrogen) atoms. The summed E-state index contributed by atoms with van der Waals surface area (Å²) in [6, 6.07) is 0. The molecule has 0 N–H and O–H groups in total. The van der Waals surface area contributed by atoms with E-state index in [1.54, 1.807) is 5.01 Å². The molecule has 0 radical (unpaired) electrons. The van der Waals surface area contributed by atoms with Crippen LogP contribution in [0.4, 0.5) is 4.79 Å². The first kappa shape index (κ1) is 19.7. The molecule has 0 aromatic heterocycles. The van der Waals surface area contributed by atoms with Crippen LogP contribution in [0, 0.1) is 5.92 Å². The number of nitrogens with zero attached hydrogens (tertiary/aromatic N) is 2. The molecule has 1 aliphatic rings. The Morgan fingerprint density at radius 2 is 1.78 bits per heavy atom. The van der Waals surface area contributed by atoms with Crippen molar-refractivity contribution >= 4 is 12.1 Å². The average molecular weight is 328 g/mol. The zero-order valence-corrected chi connectivity index (χ0v) is 15.3. The van der Waals surface area contributed by atoms with Crippen LogP contribution in [0.2, 0.25) is 0 Å². The van der Waals surface area contributed by atoms with E-state index in [1.165, 1.54) is 0 Å². The summed E-state index contributed by atoms with van der Waals surface area (Å²) in [5.74, 6) is -0.178. The minimum Gasteiger partial charge on any atom is -0.466 e. The average Bonchev–Trinajstić information content (AvgIpc) is 2.46. The second-order valence-electron chi connectivity index (χ2n) is 6.94. The number of amides is 1. The van der Waals surface area contributed by atoms with Crippen molar-refractivity contribution in [3.63, 3.8) is 0 Å². The van der Waals surface area contributed by atoms with Gasteiger partial charge >= 0.3 is 12.1 Å². The normalized spacial score (nSPS) is 16.9. The van der Waals surface area contributed by atoms with Gasteiger partial charge in [-0.3, -0.25) is 4.79 Å². The van der Waals surface area contributed by atoms with Gasteiger partial charge in [-0.15, -0.1) is 0 Å². The summed E-state index contributed by atoms with van der Waals surface area (Å²) >= 11 is 0. The lowest BCUT2D eigenvalue weighted by atomic mass is 9.98. The van der Waals surface area contributed by atoms with Gasteiger partial charge in [-0.2, -0.15) is 0 Å². The number of piperidine rings is 1. The number of hydrogen-bond donors (Lipinski definition) is 0. The van der Waals surface area contributed by atoms with Crippen LogP contribution in [0.15, 0.2) is 0 Å². The van der Waals surface area contributed by atoms with Crippen molar-refractivity contribution in [3.05, 3.63) is 0 Å². The summed E-state index contributed by atoms with van der Waals surface area (Å²) in [6.07, 6.45) is 3.06. The highest BCUT2D eigenvalue weighted by atomic mass is 16.6. The number of ether oxygens (including phenoxy) is 2. The fourth-order valence-corrected chi connectivity index (χ4v) is 2.57. The summed E-state index contributed by atoms with van der Waals surface area (Å²) in [6.45, 7) is 11.9. The molecule has 6 heteroatoms. The predicted octanol–water partition coefficient (Wildman–Crippen LogP) is 3.21. The number of rotatable bonds is 6. The molecular weight excluding hydrogens is 296 g/mol. The van der Waals surface area contributed by atoms with Gasteiger partial charge in [0.05, 0.1) is 12.5 Å². The van der Waals surface area contributed by atoms with Crippen LogP contribution in [0.25, 0.3) is 0 Å². The third-order valence-electron chi connectivity index (χ3n) is 3.76. The molecule has 0 atom stereocenters. The molecule has 1 saturated heterocycles. The maximum atomic E-state index is 12.5. The molecule has 1 rings (SSSR count). The molecule has 1 amide bonds. The highest BCUT2D eigenvalue weighted by Crippen LogP contribution is 2.22. The topological polar surface area (TPSA) is 59.1 Å². The zero-order valence-electron chi connectivity index (χ0n) is 15.3. The van der Waals surface area contributed by atoms with Gasteiger partial charge in [-0.05, 0) is 47.0 Å². The van der Waals surface area contributed by atoms with Gasteiger partial charge in [-0.1, -0.05) is 13.3 Å². The van der Waals surface area contributed by atoms with E-state index in [-0.39, 0.29) is 18.0 Å². The summed E-state index contributed by atoms with van der Waals surface area (Å²) in [5.41, 5.74) is -0.509. The van der Waals surface area contributed by atoms with Crippen molar-refractivity contribution in [1.29, 1.82) is 0 Å². The highest BCUT2D eigenvalue weighted by Gasteiger charge is 2.32. The van der Waals surface area contributed by atoms with E-state index in [4.69, 9.17) is 9.47 Å². The van der Waals surface area contributed by atoms with Crippen molar-refractivity contribution < 1.29 is 19.1 Å². The molecule has 1 aliphatic heterocycles. The van der Waals surface area contributed by atoms with E-state index in [0.717, 1.165) is 12.8 Å². The standard InChI is InChI=1S/C17H32N2O4/c1-6-8-11-19(16(21)23-17(3,4)5)18-12-9-14(10-13-18)15(20)22-7-2/h14H,6-13H2,1-5H3. The lowest BCUT2D eigenvalue weighted by Crippen LogP contribution is -2.52. The van der Waals surface area contributed by atoms with Crippen LogP contribution in [-0.4, -0.2) is 53.9 Å². The third-order valence-corrected chi connectivity index (χ3v) is 3.76. The maximum absolute atomic E-state index is 12.5. The third kappa shape index (κ3) is 6.77. The van der Waals surface area contributed by atoms with E-state index >= 15 is 0 Å². The summed E-state index contributed by atoms with van der Waals surface area (Å²) in [7, 11) is 0. The Morgan fingerprint density at radius 3 is 2.26 bits per heavy atom. The van der Waals surface area contributed by atoms with Crippen LogP contribution >= 0.6 is 0 Å². The van der Waals surface area contributed by atoms with Crippen LogP contribution < -0.4 is 0 Å². The van der Waals surface area contributed by atoms with Crippen molar-refractivity contribution in [1.82, 2.24) is 10.0 Å². The SMILES string of the molecule is CCCCN(C(=O)OC(C)(C)C)N1CCC(C(=O)OCC)CC1. The van der Waals surface area contributed by atoms with Gasteiger partial charge in [0.2, 0.25) is 0 Å². The Hall–Kier alpha value is -1.30. The molecule has 134 valence electrons. The molecule has 1 fully saturated rings. The van der Waals surface area contributed by atoms with Crippen LogP contribution in [0.3, 0.4) is 0 Å². The van der Waals surface area contributed by atoms with E-state index in [0.29, 0.717) is 39.1 Å². The predicted molar refractivity (Wildman–Crippen MR) is 88.8 cm³/mol. The molecular formula is C17H32N2O4. The quantitative estimate of drug-likeness (QED) is 0.701. The van der Waals surface area contributed by atoms with Crippen molar-refractivity contribution in [2.24, 2.45) is 5.92 Å². The summed E-state index contributed by atoms with van der Waals surface area (Å²) in [5, 5.41) is 3.72. The molecule has 0 aliphatic carbocycles. The summed E-state index contributed by atoms with van der Waals surface area (Å²) < 4.78 is 10.6. The molecule has 6 nitrogen and oxygen atoms in total. The molecule has 0 aromatic rings. The van der Waals surface area contributed by atoms with Crippen LogP contribution in [-0.2, 0) is 14.3 Å². The molecule has 0 bridgehead atoms. The molecule has 0 aromatic carbocycles. The van der Waals surface area contributed by atoms with Gasteiger partial charge in [0.15, 0.2) is 0 Å². The number of hydrazine groups is 1. The first-order valence-electron chi connectivity index (χ1n) is 8.70. The van der Waals surface area contributed by atoms with E-state index in [2.05, 4.69) is 6.92 Å². The number of unbranched alkanes of at least 4 members (excludes halogenated alkanes) is 1. The van der Waals surface area contributed by atoms with Crippen LogP contribution in [0.1, 0.15) is 60.3 Å². The van der Waals surface area contributed by atoms with Crippen LogP contribution in [0.5, 0.6) is 0 Å². The minimum atomic E-state index is -0.509. The monoisotopic (exact) mass is 328 g/mol. The van der Waals surface area contributed by atoms with Crippen molar-refractivity contribution in [2.75, 3.05) is 26.2 Å². The van der Waals surface area contributed by atoms with E-state index in [1.807, 2.05) is 32.7 Å². The van der Waals surface area contributed by atoms with Gasteiger partial charge in [0.25, 0.3) is 0 Å². The Bertz CT molecular complexity index is 385. The second-order valence-corrected chi connectivity index (χ2v) is 6.94. The highest BCUT2D eigenvalue weighted by molar-refractivity contribution is 5.72. The van der Waals surface area contributed by atoms with E-state index in [9.17, 15) is 9.59 Å². The minimum absolute atomic E-state index is 0.0575.